The quantitative estimate of drug-likeness (QED) is 0.618. The van der Waals surface area contributed by atoms with Crippen LogP contribution in [0.25, 0.3) is 6.08 Å². The number of allylic oxidation sites excluding steroid dienone is 1. The number of benzene rings is 1. The first-order chi connectivity index (χ1) is 8.52. The van der Waals surface area contributed by atoms with Crippen LogP contribution in [-0.2, 0) is 4.79 Å². The number of aliphatic carboxylic acids is 1. The molecule has 0 fully saturated rings. The number of carboxylic acids is 1. The van der Waals surface area contributed by atoms with Crippen molar-refractivity contribution in [1.82, 2.24) is 0 Å². The zero-order valence-electron chi connectivity index (χ0n) is 9.83. The lowest BCUT2D eigenvalue weighted by molar-refractivity contribution is -0.425. The molecule has 0 aliphatic carbocycles. The molecule has 0 aromatic heterocycles. The minimum Gasteiger partial charge on any atom is -0.482 e. The summed E-state index contributed by atoms with van der Waals surface area (Å²) in [6.45, 7) is 1.25. The van der Waals surface area contributed by atoms with Crippen molar-refractivity contribution in [2.45, 2.75) is 13.3 Å². The highest BCUT2D eigenvalue weighted by atomic mass is 16.6. The second kappa shape index (κ2) is 6.39. The van der Waals surface area contributed by atoms with E-state index in [1.165, 1.54) is 6.08 Å². The highest BCUT2D eigenvalue weighted by Gasteiger charge is 2.07. The number of ether oxygens (including phenoxy) is 1. The van der Waals surface area contributed by atoms with Crippen molar-refractivity contribution in [3.8, 4) is 5.75 Å². The van der Waals surface area contributed by atoms with Gasteiger partial charge in [0.1, 0.15) is 5.75 Å². The minimum absolute atomic E-state index is 0.0883. The van der Waals surface area contributed by atoms with Gasteiger partial charge < -0.3 is 9.84 Å². The van der Waals surface area contributed by atoms with Crippen molar-refractivity contribution >= 4 is 12.0 Å². The molecule has 0 saturated heterocycles. The van der Waals surface area contributed by atoms with Crippen LogP contribution in [0.4, 0.5) is 0 Å². The number of hydrogen-bond acceptors (Lipinski definition) is 4. The van der Waals surface area contributed by atoms with Crippen molar-refractivity contribution in [2.24, 2.45) is 0 Å². The smallest absolute Gasteiger partial charge is 0.341 e. The SMILES string of the molecule is CC/C(=C\c1cccc(OCC(=O)O)c1)[N+](=O)[O-]. The van der Waals surface area contributed by atoms with E-state index in [0.29, 0.717) is 17.7 Å². The fourth-order valence-corrected chi connectivity index (χ4v) is 1.32. The summed E-state index contributed by atoms with van der Waals surface area (Å²) in [5.41, 5.74) is 0.692. The summed E-state index contributed by atoms with van der Waals surface area (Å²) in [7, 11) is 0. The number of carboxylic acid groups (broad SMARTS) is 1. The molecule has 1 N–H and O–H groups in total. The molecule has 1 aromatic carbocycles. The van der Waals surface area contributed by atoms with Gasteiger partial charge in [-0.2, -0.15) is 0 Å². The Hall–Kier alpha value is -2.37. The first-order valence-electron chi connectivity index (χ1n) is 5.32. The molecule has 18 heavy (non-hydrogen) atoms. The normalized spacial score (nSPS) is 11.1. The van der Waals surface area contributed by atoms with Crippen molar-refractivity contribution in [2.75, 3.05) is 6.61 Å². The Morgan fingerprint density at radius 2 is 2.28 bits per heavy atom. The lowest BCUT2D eigenvalue weighted by Gasteiger charge is -2.03. The first-order valence-corrected chi connectivity index (χ1v) is 5.32. The van der Waals surface area contributed by atoms with Crippen LogP contribution in [0.2, 0.25) is 0 Å². The van der Waals surface area contributed by atoms with Crippen LogP contribution in [0.15, 0.2) is 30.0 Å². The van der Waals surface area contributed by atoms with E-state index in [4.69, 9.17) is 9.84 Å². The van der Waals surface area contributed by atoms with Gasteiger partial charge >= 0.3 is 5.97 Å². The third-order valence-corrected chi connectivity index (χ3v) is 2.15. The number of hydrogen-bond donors (Lipinski definition) is 1. The van der Waals surface area contributed by atoms with Gasteiger partial charge in [-0.25, -0.2) is 4.79 Å². The fraction of sp³-hybridized carbons (Fsp3) is 0.250. The van der Waals surface area contributed by atoms with E-state index in [2.05, 4.69) is 0 Å². The fourth-order valence-electron chi connectivity index (χ4n) is 1.32. The van der Waals surface area contributed by atoms with E-state index < -0.39 is 17.5 Å². The van der Waals surface area contributed by atoms with Gasteiger partial charge in [0, 0.05) is 12.5 Å². The molecular weight excluding hydrogens is 238 g/mol. The summed E-state index contributed by atoms with van der Waals surface area (Å²) >= 11 is 0. The Bertz CT molecular complexity index is 481. The van der Waals surface area contributed by atoms with Gasteiger partial charge in [0.05, 0.1) is 4.92 Å². The van der Waals surface area contributed by atoms with Crippen LogP contribution in [0.1, 0.15) is 18.9 Å². The lowest BCUT2D eigenvalue weighted by atomic mass is 10.1. The van der Waals surface area contributed by atoms with Crippen LogP contribution in [0.5, 0.6) is 5.75 Å². The van der Waals surface area contributed by atoms with Gasteiger partial charge in [-0.3, -0.25) is 10.1 Å². The van der Waals surface area contributed by atoms with Gasteiger partial charge in [-0.1, -0.05) is 19.1 Å². The maximum Gasteiger partial charge on any atom is 0.341 e. The lowest BCUT2D eigenvalue weighted by Crippen LogP contribution is -2.09. The molecule has 0 atom stereocenters. The molecule has 0 unspecified atom stereocenters. The molecule has 0 heterocycles. The van der Waals surface area contributed by atoms with Crippen LogP contribution < -0.4 is 4.74 Å². The number of nitro groups is 1. The molecule has 0 aliphatic heterocycles. The molecule has 1 rings (SSSR count). The topological polar surface area (TPSA) is 89.7 Å². The average Bonchev–Trinajstić information content (AvgIpc) is 2.33. The summed E-state index contributed by atoms with van der Waals surface area (Å²) in [6.07, 6.45) is 1.75. The highest BCUT2D eigenvalue weighted by Crippen LogP contribution is 2.17. The molecule has 6 nitrogen and oxygen atoms in total. The highest BCUT2D eigenvalue weighted by molar-refractivity contribution is 5.68. The summed E-state index contributed by atoms with van der Waals surface area (Å²) in [6, 6.07) is 6.49. The molecule has 0 aliphatic rings. The number of nitrogens with zero attached hydrogens (tertiary/aromatic N) is 1. The molecule has 0 radical (unpaired) electrons. The Labute approximate surface area is 104 Å². The van der Waals surface area contributed by atoms with Crippen molar-refractivity contribution < 1.29 is 19.6 Å². The van der Waals surface area contributed by atoms with Gasteiger partial charge in [0.2, 0.25) is 5.70 Å². The predicted molar refractivity (Wildman–Crippen MR) is 64.8 cm³/mol. The average molecular weight is 251 g/mol. The number of carbonyl (C=O) groups is 1. The van der Waals surface area contributed by atoms with E-state index in [0.717, 1.165) is 0 Å². The Morgan fingerprint density at radius 1 is 1.56 bits per heavy atom. The minimum atomic E-state index is -1.07. The zero-order valence-corrected chi connectivity index (χ0v) is 9.83. The summed E-state index contributed by atoms with van der Waals surface area (Å²) in [5.74, 6) is -0.708. The van der Waals surface area contributed by atoms with Gasteiger partial charge in [0.15, 0.2) is 6.61 Å². The van der Waals surface area contributed by atoms with Gasteiger partial charge in [-0.05, 0) is 17.7 Å². The summed E-state index contributed by atoms with van der Waals surface area (Å²) < 4.78 is 4.99. The third-order valence-electron chi connectivity index (χ3n) is 2.15. The maximum atomic E-state index is 10.7. The van der Waals surface area contributed by atoms with Crippen molar-refractivity contribution in [3.05, 3.63) is 45.6 Å². The molecule has 96 valence electrons. The molecular formula is C12H13NO5. The molecule has 0 saturated carbocycles. The Balaban J connectivity index is 2.87. The van der Waals surface area contributed by atoms with Crippen molar-refractivity contribution in [1.29, 1.82) is 0 Å². The van der Waals surface area contributed by atoms with Crippen LogP contribution in [0.3, 0.4) is 0 Å². The second-order valence-corrected chi connectivity index (χ2v) is 3.50. The zero-order chi connectivity index (χ0) is 13.5. The first kappa shape index (κ1) is 13.7. The van der Waals surface area contributed by atoms with E-state index in [1.807, 2.05) is 0 Å². The maximum absolute atomic E-state index is 10.7. The third kappa shape index (κ3) is 4.25. The Morgan fingerprint density at radius 3 is 2.83 bits per heavy atom. The van der Waals surface area contributed by atoms with E-state index in [1.54, 1.807) is 31.2 Å². The summed E-state index contributed by atoms with van der Waals surface area (Å²) in [5, 5.41) is 19.1. The Kier molecular flexibility index (Phi) is 4.86. The largest absolute Gasteiger partial charge is 0.482 e. The van der Waals surface area contributed by atoms with Crippen LogP contribution in [-0.4, -0.2) is 22.6 Å². The van der Waals surface area contributed by atoms with Crippen molar-refractivity contribution in [3.63, 3.8) is 0 Å². The van der Waals surface area contributed by atoms with Gasteiger partial charge in [0.25, 0.3) is 0 Å². The molecule has 1 aromatic rings. The van der Waals surface area contributed by atoms with E-state index in [9.17, 15) is 14.9 Å². The van der Waals surface area contributed by atoms with Crippen LogP contribution in [0, 0.1) is 10.1 Å². The molecule has 6 heteroatoms. The molecule has 0 amide bonds. The van der Waals surface area contributed by atoms with E-state index in [-0.39, 0.29) is 5.70 Å². The summed E-state index contributed by atoms with van der Waals surface area (Å²) in [4.78, 5) is 20.6. The second-order valence-electron chi connectivity index (χ2n) is 3.50. The van der Waals surface area contributed by atoms with Crippen LogP contribution >= 0.6 is 0 Å². The van der Waals surface area contributed by atoms with E-state index >= 15 is 0 Å². The van der Waals surface area contributed by atoms with Gasteiger partial charge in [-0.15, -0.1) is 0 Å². The molecule has 0 spiro atoms. The molecule has 0 bridgehead atoms. The standard InChI is InChI=1S/C12H13NO5/c1-2-10(13(16)17)6-9-4-3-5-11(7-9)18-8-12(14)15/h3-7H,2,8H2,1H3,(H,14,15)/b10-6+. The monoisotopic (exact) mass is 251 g/mol. The number of rotatable bonds is 6. The predicted octanol–water partition coefficient (Wildman–Crippen LogP) is 2.18.